The Bertz CT molecular complexity index is 1310. The van der Waals surface area contributed by atoms with Crippen molar-refractivity contribution in [3.05, 3.63) is 69.5 Å². The number of amides is 2. The summed E-state index contributed by atoms with van der Waals surface area (Å²) in [4.78, 5) is 36.0. The summed E-state index contributed by atoms with van der Waals surface area (Å²) < 4.78 is 0. The topological polar surface area (TPSA) is 124 Å². The number of hydrogen-bond acceptors (Lipinski definition) is 6. The van der Waals surface area contributed by atoms with E-state index in [1.165, 1.54) is 12.4 Å². The molecule has 2 heterocycles. The number of pyridine rings is 1. The summed E-state index contributed by atoms with van der Waals surface area (Å²) in [5, 5.41) is 13.0. The van der Waals surface area contributed by atoms with Gasteiger partial charge in [0.15, 0.2) is 0 Å². The lowest BCUT2D eigenvalue weighted by atomic mass is 9.74. The van der Waals surface area contributed by atoms with Gasteiger partial charge >= 0.3 is 0 Å². The van der Waals surface area contributed by atoms with Crippen molar-refractivity contribution in [3.8, 4) is 6.07 Å². The van der Waals surface area contributed by atoms with E-state index in [-0.39, 0.29) is 41.3 Å². The number of carbonyl (C=O) groups is 2. The van der Waals surface area contributed by atoms with Gasteiger partial charge < -0.3 is 11.1 Å². The maximum Gasteiger partial charge on any atom is 0.254 e. The second kappa shape index (κ2) is 11.1. The maximum atomic E-state index is 12.8. The molecule has 37 heavy (non-hydrogen) atoms. The highest BCUT2D eigenvalue weighted by Gasteiger charge is 2.33. The molecular weight excluding hydrogens is 488 g/mol. The number of halogens is 1. The molecule has 2 aliphatic rings. The van der Waals surface area contributed by atoms with E-state index in [9.17, 15) is 14.9 Å². The molecule has 4 rings (SSSR count). The largest absolute Gasteiger partial charge is 0.404 e. The molecule has 1 saturated carbocycles. The molecule has 1 saturated heterocycles. The summed E-state index contributed by atoms with van der Waals surface area (Å²) in [6.07, 6.45) is 6.74. The minimum absolute atomic E-state index is 0.0146. The number of aryl methyl sites for hydroxylation is 1. The third-order valence-electron chi connectivity index (χ3n) is 7.21. The van der Waals surface area contributed by atoms with E-state index in [0.29, 0.717) is 22.9 Å². The Balaban J connectivity index is 1.34. The standard InChI is InChI=1S/C28H31ClN6O2/c1-16-6-7-35(28(16)37)26-17(2)8-21(14-33-26)18(3)32-15-22(13-31)27(36)34-24-9-20(10-24)25-11-23(29)5-4-19(25)12-30/h4-5,8,11,13-16,18,20,24H,6-7,9-10,31H2,1-3H3,(H,34,36). The van der Waals surface area contributed by atoms with Gasteiger partial charge in [-0.05, 0) is 80.0 Å². The fourth-order valence-electron chi connectivity index (χ4n) is 4.82. The molecule has 2 aromatic rings. The van der Waals surface area contributed by atoms with Gasteiger partial charge in [0.2, 0.25) is 5.91 Å². The summed E-state index contributed by atoms with van der Waals surface area (Å²) in [7, 11) is 0. The van der Waals surface area contributed by atoms with Crippen LogP contribution in [-0.2, 0) is 9.59 Å². The average molecular weight is 519 g/mol. The molecule has 1 aromatic heterocycles. The number of nitrogens with zero attached hydrogens (tertiary/aromatic N) is 4. The highest BCUT2D eigenvalue weighted by Crippen LogP contribution is 2.39. The quantitative estimate of drug-likeness (QED) is 0.417. The molecule has 8 nitrogen and oxygen atoms in total. The Morgan fingerprint density at radius 3 is 2.76 bits per heavy atom. The van der Waals surface area contributed by atoms with Gasteiger partial charge in [-0.3, -0.25) is 19.5 Å². The molecule has 2 fully saturated rings. The summed E-state index contributed by atoms with van der Waals surface area (Å²) in [6, 6.07) is 9.19. The molecule has 0 spiro atoms. The number of benzene rings is 1. The summed E-state index contributed by atoms with van der Waals surface area (Å²) in [6.45, 7) is 6.47. The van der Waals surface area contributed by atoms with Crippen LogP contribution in [0.3, 0.4) is 0 Å². The molecule has 2 amide bonds. The molecule has 1 aliphatic carbocycles. The van der Waals surface area contributed by atoms with Gasteiger partial charge in [-0.25, -0.2) is 4.98 Å². The van der Waals surface area contributed by atoms with E-state index in [2.05, 4.69) is 21.4 Å². The Labute approximate surface area is 222 Å². The van der Waals surface area contributed by atoms with Crippen LogP contribution in [0.5, 0.6) is 0 Å². The van der Waals surface area contributed by atoms with Gasteiger partial charge in [0.05, 0.1) is 23.2 Å². The highest BCUT2D eigenvalue weighted by molar-refractivity contribution is 6.30. The van der Waals surface area contributed by atoms with Gasteiger partial charge in [0, 0.05) is 42.1 Å². The molecular formula is C28H31ClN6O2. The first kappa shape index (κ1) is 26.4. The number of carbonyl (C=O) groups excluding carboxylic acids is 2. The molecule has 1 aliphatic heterocycles. The lowest BCUT2D eigenvalue weighted by molar-refractivity contribution is -0.120. The van der Waals surface area contributed by atoms with Crippen molar-refractivity contribution < 1.29 is 9.59 Å². The molecule has 1 aromatic carbocycles. The minimum Gasteiger partial charge on any atom is -0.404 e. The van der Waals surface area contributed by atoms with Gasteiger partial charge in [-0.1, -0.05) is 18.5 Å². The van der Waals surface area contributed by atoms with Crippen molar-refractivity contribution in [1.29, 1.82) is 5.26 Å². The number of nitrogens with one attached hydrogen (secondary N) is 1. The van der Waals surface area contributed by atoms with Crippen LogP contribution in [0.1, 0.15) is 67.3 Å². The average Bonchev–Trinajstić information content (AvgIpc) is 3.19. The van der Waals surface area contributed by atoms with Crippen molar-refractivity contribution >= 4 is 35.4 Å². The third-order valence-corrected chi connectivity index (χ3v) is 7.44. The normalized spacial score (nSPS) is 22.6. The summed E-state index contributed by atoms with van der Waals surface area (Å²) >= 11 is 6.11. The van der Waals surface area contributed by atoms with E-state index < -0.39 is 0 Å². The van der Waals surface area contributed by atoms with Crippen molar-refractivity contribution in [3.63, 3.8) is 0 Å². The zero-order valence-corrected chi connectivity index (χ0v) is 22.0. The van der Waals surface area contributed by atoms with Crippen LogP contribution in [0, 0.1) is 24.2 Å². The minimum atomic E-state index is -0.292. The maximum absolute atomic E-state index is 12.8. The second-order valence-corrected chi connectivity index (χ2v) is 10.3. The molecule has 0 bridgehead atoms. The number of nitriles is 1. The number of rotatable bonds is 7. The first-order chi connectivity index (χ1) is 17.7. The number of hydrogen-bond donors (Lipinski definition) is 2. The number of anilines is 1. The lowest BCUT2D eigenvalue weighted by Crippen LogP contribution is -2.44. The first-order valence-corrected chi connectivity index (χ1v) is 12.8. The molecule has 0 radical (unpaired) electrons. The van der Waals surface area contributed by atoms with E-state index >= 15 is 0 Å². The second-order valence-electron chi connectivity index (χ2n) is 9.85. The Kier molecular flexibility index (Phi) is 7.94. The Hall–Kier alpha value is -3.70. The van der Waals surface area contributed by atoms with E-state index in [4.69, 9.17) is 17.3 Å². The van der Waals surface area contributed by atoms with Gasteiger partial charge in [0.25, 0.3) is 5.91 Å². The number of aliphatic imine (C=N–C) groups is 1. The monoisotopic (exact) mass is 518 g/mol. The zero-order chi connectivity index (χ0) is 26.7. The fourth-order valence-corrected chi connectivity index (χ4v) is 5.00. The zero-order valence-electron chi connectivity index (χ0n) is 21.2. The summed E-state index contributed by atoms with van der Waals surface area (Å²) in [5.41, 5.74) is 9.33. The van der Waals surface area contributed by atoms with Gasteiger partial charge in [-0.15, -0.1) is 0 Å². The fraction of sp³-hybridized carbons (Fsp3) is 0.393. The molecule has 192 valence electrons. The van der Waals surface area contributed by atoms with Gasteiger partial charge in [-0.2, -0.15) is 5.26 Å². The van der Waals surface area contributed by atoms with Crippen LogP contribution in [0.2, 0.25) is 5.02 Å². The molecule has 9 heteroatoms. The summed E-state index contributed by atoms with van der Waals surface area (Å²) in [5.74, 6) is 0.702. The van der Waals surface area contributed by atoms with Crippen molar-refractivity contribution in [2.24, 2.45) is 16.6 Å². The van der Waals surface area contributed by atoms with Crippen LogP contribution in [0.15, 0.2) is 47.2 Å². The number of aromatic nitrogens is 1. The lowest BCUT2D eigenvalue weighted by Gasteiger charge is -2.36. The third kappa shape index (κ3) is 5.67. The van der Waals surface area contributed by atoms with Crippen LogP contribution in [0.4, 0.5) is 5.82 Å². The molecule has 2 atom stereocenters. The highest BCUT2D eigenvalue weighted by atomic mass is 35.5. The molecule has 2 unspecified atom stereocenters. The van der Waals surface area contributed by atoms with E-state index in [1.54, 1.807) is 23.2 Å². The van der Waals surface area contributed by atoms with Crippen molar-refractivity contribution in [2.75, 3.05) is 11.4 Å². The predicted octanol–water partition coefficient (Wildman–Crippen LogP) is 4.32. The first-order valence-electron chi connectivity index (χ1n) is 12.4. The smallest absolute Gasteiger partial charge is 0.254 e. The van der Waals surface area contributed by atoms with Crippen molar-refractivity contribution in [1.82, 2.24) is 10.3 Å². The SMILES string of the molecule is Cc1cc(C(C)N=CC(=CN)C(=O)NC2CC(c3cc(Cl)ccc3C#N)C2)cnc1N1CCC(C)C1=O. The van der Waals surface area contributed by atoms with Crippen molar-refractivity contribution in [2.45, 2.75) is 58.0 Å². The van der Waals surface area contributed by atoms with Crippen LogP contribution in [0.25, 0.3) is 0 Å². The molecule has 3 N–H and O–H groups in total. The predicted molar refractivity (Wildman–Crippen MR) is 144 cm³/mol. The van der Waals surface area contributed by atoms with Gasteiger partial charge in [0.1, 0.15) is 5.82 Å². The Morgan fingerprint density at radius 1 is 1.38 bits per heavy atom. The number of nitrogens with two attached hydrogens (primary N) is 1. The van der Waals surface area contributed by atoms with Crippen LogP contribution >= 0.6 is 11.6 Å². The Morgan fingerprint density at radius 2 is 2.14 bits per heavy atom. The van der Waals surface area contributed by atoms with Crippen LogP contribution in [-0.4, -0.2) is 35.6 Å². The van der Waals surface area contributed by atoms with Crippen LogP contribution < -0.4 is 16.0 Å². The van der Waals surface area contributed by atoms with E-state index in [0.717, 1.165) is 36.0 Å². The van der Waals surface area contributed by atoms with E-state index in [1.807, 2.05) is 32.9 Å².